The summed E-state index contributed by atoms with van der Waals surface area (Å²) in [5.74, 6) is 1.60. The lowest BCUT2D eigenvalue weighted by atomic mass is 9.83. The number of hydrogen-bond acceptors (Lipinski definition) is 5. The summed E-state index contributed by atoms with van der Waals surface area (Å²) in [4.78, 5) is 22.6. The monoisotopic (exact) mass is 275 g/mol. The largest absolute Gasteiger partial charge is 0.469 e. The molecule has 1 saturated carbocycles. The lowest BCUT2D eigenvalue weighted by Gasteiger charge is -2.32. The van der Waals surface area contributed by atoms with Gasteiger partial charge in [0, 0.05) is 30.8 Å². The molecule has 0 atom stereocenters. The predicted octanol–water partition coefficient (Wildman–Crippen LogP) is 2.13. The van der Waals surface area contributed by atoms with Crippen LogP contribution in [0.15, 0.2) is 12.4 Å². The van der Waals surface area contributed by atoms with E-state index in [9.17, 15) is 4.79 Å². The number of anilines is 1. The number of methoxy groups -OCH3 is 1. The summed E-state index contributed by atoms with van der Waals surface area (Å²) in [6.07, 6.45) is 7.18. The molecule has 1 aromatic heterocycles. The van der Waals surface area contributed by atoms with Gasteiger partial charge in [-0.1, -0.05) is 6.42 Å². The van der Waals surface area contributed by atoms with E-state index in [4.69, 9.17) is 4.74 Å². The van der Waals surface area contributed by atoms with Crippen molar-refractivity contribution >= 4 is 11.8 Å². The van der Waals surface area contributed by atoms with Crippen molar-refractivity contribution in [1.29, 1.82) is 0 Å². The van der Waals surface area contributed by atoms with E-state index in [1.807, 2.05) is 0 Å². The minimum atomic E-state index is -0.0810. The van der Waals surface area contributed by atoms with Gasteiger partial charge in [-0.2, -0.15) is 0 Å². The van der Waals surface area contributed by atoms with Crippen molar-refractivity contribution in [2.24, 2.45) is 5.92 Å². The van der Waals surface area contributed by atoms with Gasteiger partial charge in [0.15, 0.2) is 0 Å². The summed E-state index contributed by atoms with van der Waals surface area (Å²) in [7, 11) is 1.46. The van der Waals surface area contributed by atoms with Gasteiger partial charge in [-0.05, 0) is 25.7 Å². The van der Waals surface area contributed by atoms with Crippen LogP contribution in [-0.4, -0.2) is 36.1 Å². The topological polar surface area (TPSA) is 55.3 Å². The molecule has 0 spiro atoms. The van der Waals surface area contributed by atoms with Gasteiger partial charge in [0.05, 0.1) is 13.0 Å². The highest BCUT2D eigenvalue weighted by atomic mass is 16.5. The Bertz CT molecular complexity index is 480. The molecule has 0 unspecified atom stereocenters. The molecule has 1 aromatic rings. The van der Waals surface area contributed by atoms with Crippen LogP contribution in [0.1, 0.15) is 43.7 Å². The maximum absolute atomic E-state index is 11.5. The molecule has 108 valence electrons. The van der Waals surface area contributed by atoms with Gasteiger partial charge in [-0.25, -0.2) is 9.97 Å². The summed E-state index contributed by atoms with van der Waals surface area (Å²) >= 11 is 0. The number of carbonyl (C=O) groups excluding carboxylic acids is 1. The molecule has 20 heavy (non-hydrogen) atoms. The maximum atomic E-state index is 11.5. The number of hydrogen-bond donors (Lipinski definition) is 0. The van der Waals surface area contributed by atoms with E-state index in [1.54, 1.807) is 6.33 Å². The fourth-order valence-electron chi connectivity index (χ4n) is 2.97. The van der Waals surface area contributed by atoms with Gasteiger partial charge in [0.1, 0.15) is 12.1 Å². The number of ether oxygens (including phenoxy) is 1. The molecule has 1 aliphatic heterocycles. The molecule has 1 saturated heterocycles. The van der Waals surface area contributed by atoms with E-state index >= 15 is 0 Å². The fraction of sp³-hybridized carbons (Fsp3) is 0.667. The van der Waals surface area contributed by atoms with Gasteiger partial charge >= 0.3 is 5.97 Å². The summed E-state index contributed by atoms with van der Waals surface area (Å²) < 4.78 is 4.82. The zero-order chi connectivity index (χ0) is 13.9. The molecule has 5 heteroatoms. The molecule has 0 amide bonds. The zero-order valence-electron chi connectivity index (χ0n) is 11.9. The van der Waals surface area contributed by atoms with Gasteiger partial charge in [0.25, 0.3) is 0 Å². The molecule has 5 nitrogen and oxygen atoms in total. The van der Waals surface area contributed by atoms with Crippen LogP contribution in [0.5, 0.6) is 0 Å². The SMILES string of the molecule is COC(=O)C1CCN(c2cc(C3CCC3)ncn2)CC1. The second-order valence-electron chi connectivity index (χ2n) is 5.71. The van der Waals surface area contributed by atoms with Gasteiger partial charge < -0.3 is 9.64 Å². The van der Waals surface area contributed by atoms with Gasteiger partial charge in [0.2, 0.25) is 0 Å². The van der Waals surface area contributed by atoms with E-state index in [1.165, 1.54) is 32.1 Å². The third kappa shape index (κ3) is 2.62. The first-order chi connectivity index (χ1) is 9.78. The van der Waals surface area contributed by atoms with E-state index in [0.717, 1.165) is 31.7 Å². The van der Waals surface area contributed by atoms with Crippen LogP contribution < -0.4 is 4.90 Å². The Morgan fingerprint density at radius 2 is 2.00 bits per heavy atom. The highest BCUT2D eigenvalue weighted by molar-refractivity contribution is 5.72. The smallest absolute Gasteiger partial charge is 0.308 e. The molecule has 0 radical (unpaired) electrons. The second kappa shape index (κ2) is 5.77. The molecular formula is C15H21N3O2. The Labute approximate surface area is 119 Å². The summed E-state index contributed by atoms with van der Waals surface area (Å²) in [6, 6.07) is 2.13. The van der Waals surface area contributed by atoms with Crippen molar-refractivity contribution in [3.8, 4) is 0 Å². The Kier molecular flexibility index (Phi) is 3.85. The van der Waals surface area contributed by atoms with Crippen molar-refractivity contribution in [3.05, 3.63) is 18.1 Å². The van der Waals surface area contributed by atoms with Crippen molar-refractivity contribution < 1.29 is 9.53 Å². The van der Waals surface area contributed by atoms with Crippen LogP contribution in [0, 0.1) is 5.92 Å². The third-order valence-electron chi connectivity index (χ3n) is 4.55. The number of carbonyl (C=O) groups is 1. The van der Waals surface area contributed by atoms with E-state index in [0.29, 0.717) is 5.92 Å². The lowest BCUT2D eigenvalue weighted by Crippen LogP contribution is -2.37. The van der Waals surface area contributed by atoms with Crippen LogP contribution in [0.2, 0.25) is 0 Å². The molecular weight excluding hydrogens is 254 g/mol. The Morgan fingerprint density at radius 3 is 2.60 bits per heavy atom. The van der Waals surface area contributed by atoms with Crippen molar-refractivity contribution in [2.75, 3.05) is 25.1 Å². The highest BCUT2D eigenvalue weighted by Gasteiger charge is 2.27. The van der Waals surface area contributed by atoms with E-state index < -0.39 is 0 Å². The van der Waals surface area contributed by atoms with Crippen LogP contribution in [0.3, 0.4) is 0 Å². The summed E-state index contributed by atoms with van der Waals surface area (Å²) in [5.41, 5.74) is 1.18. The quantitative estimate of drug-likeness (QED) is 0.791. The normalized spacial score (nSPS) is 20.6. The first-order valence-electron chi connectivity index (χ1n) is 7.42. The average molecular weight is 275 g/mol. The number of rotatable bonds is 3. The van der Waals surface area contributed by atoms with E-state index in [2.05, 4.69) is 20.9 Å². The second-order valence-corrected chi connectivity index (χ2v) is 5.71. The lowest BCUT2D eigenvalue weighted by molar-refractivity contribution is -0.146. The minimum Gasteiger partial charge on any atom is -0.469 e. The standard InChI is InChI=1S/C15H21N3O2/c1-20-15(19)12-5-7-18(8-6-12)14-9-13(16-10-17-14)11-3-2-4-11/h9-12H,2-8H2,1H3. The number of aromatic nitrogens is 2. The predicted molar refractivity (Wildman–Crippen MR) is 75.6 cm³/mol. The van der Waals surface area contributed by atoms with Crippen LogP contribution in [-0.2, 0) is 9.53 Å². The first-order valence-corrected chi connectivity index (χ1v) is 7.42. The zero-order valence-corrected chi connectivity index (χ0v) is 11.9. The van der Waals surface area contributed by atoms with Gasteiger partial charge in [-0.3, -0.25) is 4.79 Å². The molecule has 2 heterocycles. The van der Waals surface area contributed by atoms with Crippen molar-refractivity contribution in [2.45, 2.75) is 38.0 Å². The average Bonchev–Trinajstić information content (AvgIpc) is 2.45. The summed E-state index contributed by atoms with van der Waals surface area (Å²) in [6.45, 7) is 1.72. The van der Waals surface area contributed by atoms with Crippen molar-refractivity contribution in [1.82, 2.24) is 9.97 Å². The summed E-state index contributed by atoms with van der Waals surface area (Å²) in [5, 5.41) is 0. The molecule has 2 aliphatic rings. The fourth-order valence-corrected chi connectivity index (χ4v) is 2.97. The first kappa shape index (κ1) is 13.3. The molecule has 3 rings (SSSR count). The number of nitrogens with zero attached hydrogens (tertiary/aromatic N) is 3. The minimum absolute atomic E-state index is 0.0455. The highest BCUT2D eigenvalue weighted by Crippen LogP contribution is 2.36. The molecule has 0 aromatic carbocycles. The Balaban J connectivity index is 1.64. The molecule has 1 aliphatic carbocycles. The van der Waals surface area contributed by atoms with Gasteiger partial charge in [-0.15, -0.1) is 0 Å². The van der Waals surface area contributed by atoms with Crippen molar-refractivity contribution in [3.63, 3.8) is 0 Å². The molecule has 2 fully saturated rings. The molecule has 0 bridgehead atoms. The van der Waals surface area contributed by atoms with Crippen LogP contribution in [0.25, 0.3) is 0 Å². The van der Waals surface area contributed by atoms with Crippen LogP contribution in [0.4, 0.5) is 5.82 Å². The Hall–Kier alpha value is -1.65. The van der Waals surface area contributed by atoms with Crippen LogP contribution >= 0.6 is 0 Å². The third-order valence-corrected chi connectivity index (χ3v) is 4.55. The number of esters is 1. The van der Waals surface area contributed by atoms with E-state index in [-0.39, 0.29) is 11.9 Å². The Morgan fingerprint density at radius 1 is 1.25 bits per heavy atom. The number of piperidine rings is 1. The molecule has 0 N–H and O–H groups in total. The maximum Gasteiger partial charge on any atom is 0.308 e.